The molecule has 0 saturated heterocycles. The lowest BCUT2D eigenvalue weighted by atomic mass is 10.2. The predicted octanol–water partition coefficient (Wildman–Crippen LogP) is 1.52. The Morgan fingerprint density at radius 1 is 1.44 bits per heavy atom. The summed E-state index contributed by atoms with van der Waals surface area (Å²) >= 11 is 0. The van der Waals surface area contributed by atoms with Gasteiger partial charge in [-0.1, -0.05) is 13.8 Å². The van der Waals surface area contributed by atoms with E-state index in [2.05, 4.69) is 24.0 Å². The lowest BCUT2D eigenvalue weighted by Crippen LogP contribution is -2.05. The number of rotatable bonds is 3. The van der Waals surface area contributed by atoms with Gasteiger partial charge in [0.1, 0.15) is 5.69 Å². The number of anilines is 1. The SMILES string of the molecule is CC(C)Cn1cc(N)c(-c2ccnn2C)n1. The van der Waals surface area contributed by atoms with Crippen LogP contribution in [-0.4, -0.2) is 19.6 Å². The largest absolute Gasteiger partial charge is 0.396 e. The number of nitrogen functional groups attached to an aromatic ring is 1. The predicted molar refractivity (Wildman–Crippen MR) is 63.7 cm³/mol. The average molecular weight is 219 g/mol. The molecule has 86 valence electrons. The Kier molecular flexibility index (Phi) is 2.68. The van der Waals surface area contributed by atoms with E-state index < -0.39 is 0 Å². The van der Waals surface area contributed by atoms with Crippen molar-refractivity contribution in [1.82, 2.24) is 19.6 Å². The molecule has 0 fully saturated rings. The van der Waals surface area contributed by atoms with Gasteiger partial charge in [0, 0.05) is 26.0 Å². The summed E-state index contributed by atoms with van der Waals surface area (Å²) in [4.78, 5) is 0. The van der Waals surface area contributed by atoms with E-state index >= 15 is 0 Å². The minimum Gasteiger partial charge on any atom is -0.396 e. The van der Waals surface area contributed by atoms with E-state index in [1.165, 1.54) is 0 Å². The van der Waals surface area contributed by atoms with Crippen LogP contribution in [0.1, 0.15) is 13.8 Å². The number of aryl methyl sites for hydroxylation is 1. The molecule has 0 aliphatic heterocycles. The molecule has 0 bridgehead atoms. The molecule has 0 aromatic carbocycles. The Hall–Kier alpha value is -1.78. The quantitative estimate of drug-likeness (QED) is 0.851. The lowest BCUT2D eigenvalue weighted by molar-refractivity contribution is 0.484. The summed E-state index contributed by atoms with van der Waals surface area (Å²) in [5, 5.41) is 8.60. The molecule has 5 heteroatoms. The highest BCUT2D eigenvalue weighted by atomic mass is 15.3. The third-order valence-electron chi connectivity index (χ3n) is 2.41. The molecule has 2 rings (SSSR count). The van der Waals surface area contributed by atoms with E-state index in [0.29, 0.717) is 11.6 Å². The van der Waals surface area contributed by atoms with Crippen LogP contribution in [0.2, 0.25) is 0 Å². The van der Waals surface area contributed by atoms with Crippen LogP contribution in [0.5, 0.6) is 0 Å². The smallest absolute Gasteiger partial charge is 0.133 e. The van der Waals surface area contributed by atoms with Crippen LogP contribution in [0.3, 0.4) is 0 Å². The fraction of sp³-hybridized carbons (Fsp3) is 0.455. The van der Waals surface area contributed by atoms with Gasteiger partial charge in [-0.05, 0) is 12.0 Å². The summed E-state index contributed by atoms with van der Waals surface area (Å²) in [7, 11) is 1.89. The van der Waals surface area contributed by atoms with Gasteiger partial charge in [0.05, 0.1) is 11.4 Å². The van der Waals surface area contributed by atoms with Crippen LogP contribution in [0.15, 0.2) is 18.5 Å². The normalized spacial score (nSPS) is 11.2. The first kappa shape index (κ1) is 10.7. The van der Waals surface area contributed by atoms with Gasteiger partial charge in [-0.15, -0.1) is 0 Å². The number of nitrogens with zero attached hydrogens (tertiary/aromatic N) is 4. The minimum atomic E-state index is 0.554. The van der Waals surface area contributed by atoms with Crippen LogP contribution in [0.25, 0.3) is 11.4 Å². The molecule has 0 amide bonds. The van der Waals surface area contributed by atoms with Crippen molar-refractivity contribution in [3.8, 4) is 11.4 Å². The minimum absolute atomic E-state index is 0.554. The van der Waals surface area contributed by atoms with Crippen LogP contribution in [0, 0.1) is 5.92 Å². The molecule has 0 radical (unpaired) electrons. The molecule has 0 aliphatic rings. The average Bonchev–Trinajstić information content (AvgIpc) is 2.71. The molecule has 0 saturated carbocycles. The van der Waals surface area contributed by atoms with E-state index in [1.54, 1.807) is 10.9 Å². The highest BCUT2D eigenvalue weighted by Gasteiger charge is 2.12. The van der Waals surface area contributed by atoms with Crippen LogP contribution < -0.4 is 5.73 Å². The summed E-state index contributed by atoms with van der Waals surface area (Å²) in [6, 6.07) is 1.92. The second kappa shape index (κ2) is 4.00. The molecule has 0 aliphatic carbocycles. The van der Waals surface area contributed by atoms with E-state index in [9.17, 15) is 0 Å². The Morgan fingerprint density at radius 2 is 2.19 bits per heavy atom. The van der Waals surface area contributed by atoms with Gasteiger partial charge in [-0.3, -0.25) is 9.36 Å². The van der Waals surface area contributed by atoms with E-state index in [4.69, 9.17) is 5.73 Å². The second-order valence-corrected chi connectivity index (χ2v) is 4.39. The van der Waals surface area contributed by atoms with E-state index in [0.717, 1.165) is 17.9 Å². The Labute approximate surface area is 94.9 Å². The number of hydrogen-bond acceptors (Lipinski definition) is 3. The van der Waals surface area contributed by atoms with Crippen molar-refractivity contribution in [1.29, 1.82) is 0 Å². The molecule has 0 atom stereocenters. The Balaban J connectivity index is 2.36. The zero-order valence-corrected chi connectivity index (χ0v) is 9.88. The van der Waals surface area contributed by atoms with Crippen molar-refractivity contribution >= 4 is 5.69 Å². The molecule has 0 spiro atoms. The van der Waals surface area contributed by atoms with E-state index in [1.807, 2.05) is 24.0 Å². The molecule has 2 aromatic heterocycles. The first-order valence-corrected chi connectivity index (χ1v) is 5.39. The number of hydrogen-bond donors (Lipinski definition) is 1. The zero-order chi connectivity index (χ0) is 11.7. The summed E-state index contributed by atoms with van der Waals surface area (Å²) in [6.45, 7) is 5.19. The van der Waals surface area contributed by atoms with Gasteiger partial charge in [0.2, 0.25) is 0 Å². The maximum Gasteiger partial charge on any atom is 0.133 e. The maximum atomic E-state index is 5.95. The summed E-state index contributed by atoms with van der Waals surface area (Å²) in [6.07, 6.45) is 3.62. The Morgan fingerprint density at radius 3 is 2.75 bits per heavy atom. The molecule has 0 unspecified atom stereocenters. The van der Waals surface area contributed by atoms with Crippen LogP contribution in [0.4, 0.5) is 5.69 Å². The molecular formula is C11H17N5. The topological polar surface area (TPSA) is 61.7 Å². The zero-order valence-electron chi connectivity index (χ0n) is 9.88. The van der Waals surface area contributed by atoms with Crippen molar-refractivity contribution in [2.45, 2.75) is 20.4 Å². The van der Waals surface area contributed by atoms with Gasteiger partial charge in [-0.25, -0.2) is 0 Å². The molecule has 2 heterocycles. The van der Waals surface area contributed by atoms with Crippen molar-refractivity contribution < 1.29 is 0 Å². The summed E-state index contributed by atoms with van der Waals surface area (Å²) in [5.74, 6) is 0.554. The van der Waals surface area contributed by atoms with Crippen molar-refractivity contribution in [2.24, 2.45) is 13.0 Å². The fourth-order valence-corrected chi connectivity index (χ4v) is 1.71. The van der Waals surface area contributed by atoms with Crippen LogP contribution in [-0.2, 0) is 13.6 Å². The highest BCUT2D eigenvalue weighted by molar-refractivity contribution is 5.69. The first-order valence-electron chi connectivity index (χ1n) is 5.39. The standard InChI is InChI=1S/C11H17N5/c1-8(2)6-16-7-9(12)11(14-16)10-4-5-13-15(10)3/h4-5,7-8H,6,12H2,1-3H3. The first-order chi connectivity index (χ1) is 7.58. The van der Waals surface area contributed by atoms with Gasteiger partial charge in [0.25, 0.3) is 0 Å². The van der Waals surface area contributed by atoms with Crippen molar-refractivity contribution in [3.05, 3.63) is 18.5 Å². The molecule has 2 N–H and O–H groups in total. The van der Waals surface area contributed by atoms with Crippen molar-refractivity contribution in [3.63, 3.8) is 0 Å². The molecule has 16 heavy (non-hydrogen) atoms. The van der Waals surface area contributed by atoms with Crippen molar-refractivity contribution in [2.75, 3.05) is 5.73 Å². The molecule has 5 nitrogen and oxygen atoms in total. The molecular weight excluding hydrogens is 202 g/mol. The highest BCUT2D eigenvalue weighted by Crippen LogP contribution is 2.23. The van der Waals surface area contributed by atoms with Gasteiger partial charge < -0.3 is 5.73 Å². The second-order valence-electron chi connectivity index (χ2n) is 4.39. The monoisotopic (exact) mass is 219 g/mol. The van der Waals surface area contributed by atoms with E-state index in [-0.39, 0.29) is 0 Å². The third-order valence-corrected chi connectivity index (χ3v) is 2.41. The summed E-state index contributed by atoms with van der Waals surface area (Å²) in [5.41, 5.74) is 8.40. The summed E-state index contributed by atoms with van der Waals surface area (Å²) < 4.78 is 3.67. The fourth-order valence-electron chi connectivity index (χ4n) is 1.71. The maximum absolute atomic E-state index is 5.95. The Bertz CT molecular complexity index is 480. The number of nitrogens with two attached hydrogens (primary N) is 1. The molecule has 2 aromatic rings. The van der Waals surface area contributed by atoms with Crippen LogP contribution >= 0.6 is 0 Å². The van der Waals surface area contributed by atoms with Gasteiger partial charge in [-0.2, -0.15) is 10.2 Å². The lowest BCUT2D eigenvalue weighted by Gasteiger charge is -2.03. The third kappa shape index (κ3) is 1.93. The number of aromatic nitrogens is 4. The van der Waals surface area contributed by atoms with Gasteiger partial charge in [0.15, 0.2) is 0 Å². The van der Waals surface area contributed by atoms with Gasteiger partial charge >= 0.3 is 0 Å².